The van der Waals surface area contributed by atoms with Gasteiger partial charge in [0, 0.05) is 0 Å². The van der Waals surface area contributed by atoms with Gasteiger partial charge in [0.15, 0.2) is 0 Å². The van der Waals surface area contributed by atoms with Gasteiger partial charge in [0.25, 0.3) is 0 Å². The summed E-state index contributed by atoms with van der Waals surface area (Å²) in [6, 6.07) is 0. The number of hydrogen-bond donors (Lipinski definition) is 1. The first kappa shape index (κ1) is 6.66. The van der Waals surface area contributed by atoms with Crippen LogP contribution in [0.25, 0.3) is 0 Å². The molecular weight excluding hydrogens is 162 g/mol. The van der Waals surface area contributed by atoms with Crippen molar-refractivity contribution in [3.8, 4) is 0 Å². The van der Waals surface area contributed by atoms with Gasteiger partial charge in [0.05, 0.1) is 0 Å². The van der Waals surface area contributed by atoms with Gasteiger partial charge in [0.2, 0.25) is 0 Å². The predicted octanol–water partition coefficient (Wildman–Crippen LogP) is -1.32. The van der Waals surface area contributed by atoms with Crippen molar-refractivity contribution in [3.05, 3.63) is 0 Å². The monoisotopic (exact) mass is 163 g/mol. The second-order valence-electron chi connectivity index (χ2n) is 1.30. The fourth-order valence-corrected chi connectivity index (χ4v) is 1.25. The lowest BCUT2D eigenvalue weighted by molar-refractivity contribution is -0.131. The van der Waals surface area contributed by atoms with Crippen LogP contribution < -0.4 is 5.32 Å². The van der Waals surface area contributed by atoms with Crippen LogP contribution in [0.4, 0.5) is 0 Å². The van der Waals surface area contributed by atoms with E-state index in [4.69, 9.17) is 0 Å². The standard InChI is InChI=1S/C3HNO3S2/c5-1-2(6)9(7)3(8)4-1/h(H,4,5,8). The lowest BCUT2D eigenvalue weighted by atomic mass is 10.7. The van der Waals surface area contributed by atoms with E-state index < -0.39 is 22.2 Å². The Balaban J connectivity index is 2.90. The highest BCUT2D eigenvalue weighted by Gasteiger charge is 2.41. The van der Waals surface area contributed by atoms with Gasteiger partial charge in [-0.1, -0.05) is 0 Å². The van der Waals surface area contributed by atoms with Crippen LogP contribution >= 0.6 is 12.2 Å². The lowest BCUT2D eigenvalue weighted by Crippen LogP contribution is -2.20. The van der Waals surface area contributed by atoms with Gasteiger partial charge in [-0.15, -0.1) is 0 Å². The lowest BCUT2D eigenvalue weighted by Gasteiger charge is -1.91. The van der Waals surface area contributed by atoms with Crippen molar-refractivity contribution in [2.75, 3.05) is 0 Å². The van der Waals surface area contributed by atoms with Crippen LogP contribution in [0.3, 0.4) is 0 Å². The number of nitrogens with one attached hydrogen (secondary N) is 1. The molecule has 6 heteroatoms. The van der Waals surface area contributed by atoms with Crippen LogP contribution in [0, 0.1) is 0 Å². The Morgan fingerprint density at radius 2 is 2.11 bits per heavy atom. The van der Waals surface area contributed by atoms with Crippen molar-refractivity contribution in [1.82, 2.24) is 5.32 Å². The summed E-state index contributed by atoms with van der Waals surface area (Å²) in [4.78, 5) is 20.6. The predicted molar refractivity (Wildman–Crippen MR) is 33.9 cm³/mol. The third kappa shape index (κ3) is 0.958. The van der Waals surface area contributed by atoms with Crippen LogP contribution in [0.5, 0.6) is 0 Å². The molecule has 9 heavy (non-hydrogen) atoms. The first-order valence-electron chi connectivity index (χ1n) is 1.94. The summed E-state index contributed by atoms with van der Waals surface area (Å²) in [7, 11) is 0. The average Bonchev–Trinajstić information content (AvgIpc) is 1.98. The summed E-state index contributed by atoms with van der Waals surface area (Å²) < 4.78 is 10.3. The van der Waals surface area contributed by atoms with Crippen LogP contribution in [0.2, 0.25) is 0 Å². The Kier molecular flexibility index (Phi) is 1.52. The smallest absolute Gasteiger partial charge is 0.425 e. The fraction of sp³-hybridized carbons (Fsp3) is 0. The van der Waals surface area contributed by atoms with E-state index >= 15 is 0 Å². The molecule has 0 aromatic rings. The van der Waals surface area contributed by atoms with Gasteiger partial charge in [0.1, 0.15) is 11.2 Å². The van der Waals surface area contributed by atoms with Crippen molar-refractivity contribution in [3.63, 3.8) is 0 Å². The van der Waals surface area contributed by atoms with Gasteiger partial charge < -0.3 is 4.55 Å². The summed E-state index contributed by atoms with van der Waals surface area (Å²) >= 11 is 2.43. The Morgan fingerprint density at radius 3 is 2.22 bits per heavy atom. The van der Waals surface area contributed by atoms with E-state index in [1.54, 1.807) is 0 Å². The topological polar surface area (TPSA) is 69.2 Å². The molecule has 1 fully saturated rings. The Bertz CT molecular complexity index is 201. The minimum atomic E-state index is -1.91. The molecule has 1 heterocycles. The molecule has 0 aromatic carbocycles. The van der Waals surface area contributed by atoms with E-state index in [2.05, 4.69) is 12.2 Å². The molecule has 1 N–H and O–H groups in total. The van der Waals surface area contributed by atoms with Gasteiger partial charge >= 0.3 is 15.3 Å². The van der Waals surface area contributed by atoms with Gasteiger partial charge in [-0.05, 0) is 12.2 Å². The van der Waals surface area contributed by atoms with E-state index in [9.17, 15) is 14.1 Å². The molecule has 0 saturated carbocycles. The molecule has 1 unspecified atom stereocenters. The molecule has 1 aliphatic heterocycles. The molecule has 0 aromatic heterocycles. The normalized spacial score (nSPS) is 26.8. The van der Waals surface area contributed by atoms with Crippen molar-refractivity contribution in [1.29, 1.82) is 0 Å². The zero-order valence-corrected chi connectivity index (χ0v) is 5.67. The number of thiocarbonyl (C=S) groups is 1. The van der Waals surface area contributed by atoms with E-state index in [1.807, 2.05) is 5.32 Å². The molecule has 0 aliphatic carbocycles. The number of amides is 1. The summed E-state index contributed by atoms with van der Waals surface area (Å²) in [5, 5.41) is 1.00. The van der Waals surface area contributed by atoms with Gasteiger partial charge in [-0.25, -0.2) is 4.79 Å². The summed E-state index contributed by atoms with van der Waals surface area (Å²) in [5.74, 6) is -0.877. The minimum Gasteiger partial charge on any atom is -0.602 e. The van der Waals surface area contributed by atoms with E-state index in [-0.39, 0.29) is 4.32 Å². The molecule has 1 amide bonds. The Hall–Kier alpha value is -0.460. The Labute approximate surface area is 58.8 Å². The zero-order chi connectivity index (χ0) is 7.02. The number of carbonyl (C=O) groups excluding carboxylic acids is 2. The second-order valence-corrected chi connectivity index (χ2v) is 3.28. The van der Waals surface area contributed by atoms with Crippen molar-refractivity contribution >= 4 is 38.7 Å². The number of rotatable bonds is 0. The molecule has 1 atom stereocenters. The molecule has 0 radical (unpaired) electrons. The van der Waals surface area contributed by atoms with Crippen LogP contribution in [0.1, 0.15) is 0 Å². The molecule has 48 valence electrons. The first-order valence-corrected chi connectivity index (χ1v) is 3.50. The van der Waals surface area contributed by atoms with Crippen LogP contribution in [0.15, 0.2) is 0 Å². The third-order valence-corrected chi connectivity index (χ3v) is 2.25. The average molecular weight is 163 g/mol. The minimum absolute atomic E-state index is 0.190. The molecule has 0 spiro atoms. The van der Waals surface area contributed by atoms with Crippen molar-refractivity contribution in [2.45, 2.75) is 0 Å². The molecule has 1 aliphatic rings. The largest absolute Gasteiger partial charge is 0.602 e. The van der Waals surface area contributed by atoms with Crippen molar-refractivity contribution < 1.29 is 14.1 Å². The van der Waals surface area contributed by atoms with E-state index in [0.29, 0.717) is 0 Å². The maximum Gasteiger partial charge on any atom is 0.425 e. The second kappa shape index (κ2) is 2.05. The third-order valence-electron chi connectivity index (χ3n) is 0.738. The Morgan fingerprint density at radius 1 is 1.56 bits per heavy atom. The van der Waals surface area contributed by atoms with Gasteiger partial charge in [-0.3, -0.25) is 10.1 Å². The molecular formula is C3HNO3S2. The van der Waals surface area contributed by atoms with E-state index in [1.165, 1.54) is 0 Å². The maximum absolute atomic E-state index is 10.5. The maximum atomic E-state index is 10.5. The fourth-order valence-electron chi connectivity index (χ4n) is 0.358. The molecule has 1 rings (SSSR count). The first-order chi connectivity index (χ1) is 4.13. The summed E-state index contributed by atoms with van der Waals surface area (Å²) in [6.07, 6.45) is 0. The number of hydrogen-bond acceptors (Lipinski definition) is 4. The highest BCUT2D eigenvalue weighted by molar-refractivity contribution is 8.28. The highest BCUT2D eigenvalue weighted by atomic mass is 32.2. The molecule has 1 saturated heterocycles. The zero-order valence-electron chi connectivity index (χ0n) is 4.04. The highest BCUT2D eigenvalue weighted by Crippen LogP contribution is 2.02. The SMILES string of the molecule is O=C1NC(=S)[S+]([O-])C1=O. The molecule has 4 nitrogen and oxygen atoms in total. The van der Waals surface area contributed by atoms with Gasteiger partial charge in [-0.2, -0.15) is 0 Å². The summed E-state index contributed by atoms with van der Waals surface area (Å²) in [6.45, 7) is 0. The quantitative estimate of drug-likeness (QED) is 0.273. The molecule has 0 bridgehead atoms. The summed E-state index contributed by atoms with van der Waals surface area (Å²) in [5.41, 5.74) is 0. The van der Waals surface area contributed by atoms with Crippen LogP contribution in [-0.4, -0.2) is 19.9 Å². The van der Waals surface area contributed by atoms with E-state index in [0.717, 1.165) is 0 Å². The van der Waals surface area contributed by atoms with Crippen LogP contribution in [-0.2, 0) is 20.8 Å². The van der Waals surface area contributed by atoms with Crippen molar-refractivity contribution in [2.24, 2.45) is 0 Å². The number of carbonyl (C=O) groups is 2.